The number of benzene rings is 1. The van der Waals surface area contributed by atoms with Crippen LogP contribution in [-0.4, -0.2) is 5.16 Å². The summed E-state index contributed by atoms with van der Waals surface area (Å²) in [6.07, 6.45) is 0. The van der Waals surface area contributed by atoms with Gasteiger partial charge in [0.25, 0.3) is 0 Å². The van der Waals surface area contributed by atoms with Crippen molar-refractivity contribution in [2.45, 2.75) is 26.9 Å². The van der Waals surface area contributed by atoms with Crippen LogP contribution in [0.1, 0.15) is 22.6 Å². The smallest absolute Gasteiger partial charge is 0.150 e. The molecule has 3 N–H and O–H groups in total. The molecular weight excluding hydrogens is 214 g/mol. The Morgan fingerprint density at radius 3 is 2.71 bits per heavy atom. The zero-order valence-corrected chi connectivity index (χ0v) is 10.2. The Hall–Kier alpha value is -1.81. The molecule has 0 fully saturated rings. The van der Waals surface area contributed by atoms with Crippen molar-refractivity contribution in [3.8, 4) is 0 Å². The highest BCUT2D eigenvalue weighted by atomic mass is 16.5. The zero-order valence-electron chi connectivity index (χ0n) is 10.2. The number of nitrogens with one attached hydrogen (secondary N) is 1. The first-order chi connectivity index (χ1) is 8.15. The van der Waals surface area contributed by atoms with Crippen LogP contribution in [-0.2, 0) is 13.1 Å². The number of aromatic nitrogens is 1. The van der Waals surface area contributed by atoms with Crippen molar-refractivity contribution in [2.75, 3.05) is 5.73 Å². The summed E-state index contributed by atoms with van der Waals surface area (Å²) in [5.74, 6) is 0.850. The van der Waals surface area contributed by atoms with Crippen molar-refractivity contribution >= 4 is 5.69 Å². The molecule has 0 aliphatic rings. The highest BCUT2D eigenvalue weighted by Crippen LogP contribution is 2.12. The van der Waals surface area contributed by atoms with Crippen LogP contribution in [0.5, 0.6) is 0 Å². The average Bonchev–Trinajstić information content (AvgIpc) is 2.70. The van der Waals surface area contributed by atoms with E-state index in [1.165, 1.54) is 5.56 Å². The third-order valence-electron chi connectivity index (χ3n) is 2.65. The van der Waals surface area contributed by atoms with Crippen molar-refractivity contribution in [3.63, 3.8) is 0 Å². The van der Waals surface area contributed by atoms with Crippen LogP contribution in [0, 0.1) is 13.8 Å². The molecule has 0 radical (unpaired) electrons. The van der Waals surface area contributed by atoms with E-state index in [1.54, 1.807) is 0 Å². The van der Waals surface area contributed by atoms with Gasteiger partial charge in [0.15, 0.2) is 5.76 Å². The van der Waals surface area contributed by atoms with Crippen LogP contribution in [0.25, 0.3) is 0 Å². The minimum absolute atomic E-state index is 0.675. The second kappa shape index (κ2) is 5.01. The van der Waals surface area contributed by atoms with Crippen LogP contribution in [0.15, 0.2) is 28.8 Å². The Kier molecular flexibility index (Phi) is 3.44. The van der Waals surface area contributed by atoms with Crippen molar-refractivity contribution in [1.29, 1.82) is 0 Å². The van der Waals surface area contributed by atoms with E-state index in [2.05, 4.69) is 16.5 Å². The Bertz CT molecular complexity index is 505. The molecule has 2 aromatic rings. The summed E-state index contributed by atoms with van der Waals surface area (Å²) in [7, 11) is 0. The molecule has 90 valence electrons. The van der Waals surface area contributed by atoms with Crippen LogP contribution < -0.4 is 11.1 Å². The summed E-state index contributed by atoms with van der Waals surface area (Å²) in [5, 5.41) is 7.12. The molecule has 4 nitrogen and oxygen atoms in total. The van der Waals surface area contributed by atoms with Gasteiger partial charge in [-0.1, -0.05) is 17.3 Å². The first-order valence-electron chi connectivity index (χ1n) is 5.63. The minimum atomic E-state index is 0.675. The predicted molar refractivity (Wildman–Crippen MR) is 67.4 cm³/mol. The standard InChI is InChI=1S/C13H17N3O/c1-9-3-4-11(6-13(9)14)7-15-8-12-5-10(2)16-17-12/h3-6,15H,7-8,14H2,1-2H3. The van der Waals surface area contributed by atoms with Crippen molar-refractivity contribution in [2.24, 2.45) is 0 Å². The quantitative estimate of drug-likeness (QED) is 0.791. The number of nitrogens with zero attached hydrogens (tertiary/aromatic N) is 1. The molecule has 0 aliphatic heterocycles. The number of nitrogens with two attached hydrogens (primary N) is 1. The fourth-order valence-electron chi connectivity index (χ4n) is 1.63. The van der Waals surface area contributed by atoms with Crippen LogP contribution in [0.2, 0.25) is 0 Å². The molecular formula is C13H17N3O. The molecule has 0 atom stereocenters. The van der Waals surface area contributed by atoms with E-state index in [1.807, 2.05) is 32.0 Å². The van der Waals surface area contributed by atoms with Gasteiger partial charge in [-0.25, -0.2) is 0 Å². The number of rotatable bonds is 4. The van der Waals surface area contributed by atoms with Gasteiger partial charge < -0.3 is 15.6 Å². The van der Waals surface area contributed by atoms with Crippen LogP contribution >= 0.6 is 0 Å². The van der Waals surface area contributed by atoms with E-state index in [9.17, 15) is 0 Å². The van der Waals surface area contributed by atoms with Crippen LogP contribution in [0.4, 0.5) is 5.69 Å². The minimum Gasteiger partial charge on any atom is -0.399 e. The van der Waals surface area contributed by atoms with E-state index < -0.39 is 0 Å². The first-order valence-corrected chi connectivity index (χ1v) is 5.63. The zero-order chi connectivity index (χ0) is 12.3. The van der Waals surface area contributed by atoms with Gasteiger partial charge in [-0.05, 0) is 31.0 Å². The molecule has 4 heteroatoms. The Balaban J connectivity index is 1.87. The normalized spacial score (nSPS) is 10.7. The number of hydrogen-bond acceptors (Lipinski definition) is 4. The largest absolute Gasteiger partial charge is 0.399 e. The molecule has 1 aromatic heterocycles. The van der Waals surface area contributed by atoms with Crippen molar-refractivity contribution in [1.82, 2.24) is 10.5 Å². The maximum absolute atomic E-state index is 5.85. The fourth-order valence-corrected chi connectivity index (χ4v) is 1.63. The average molecular weight is 231 g/mol. The highest BCUT2D eigenvalue weighted by molar-refractivity contribution is 5.48. The second-order valence-corrected chi connectivity index (χ2v) is 4.23. The van der Waals surface area contributed by atoms with E-state index in [4.69, 9.17) is 10.3 Å². The maximum Gasteiger partial charge on any atom is 0.150 e. The SMILES string of the molecule is Cc1cc(CNCc2ccc(C)c(N)c2)on1. The molecule has 1 aromatic carbocycles. The summed E-state index contributed by atoms with van der Waals surface area (Å²) in [4.78, 5) is 0. The van der Waals surface area contributed by atoms with Gasteiger partial charge in [0.1, 0.15) is 0 Å². The van der Waals surface area contributed by atoms with Crippen molar-refractivity contribution < 1.29 is 4.52 Å². The topological polar surface area (TPSA) is 64.1 Å². The first kappa shape index (κ1) is 11.7. The van der Waals surface area contributed by atoms with Crippen molar-refractivity contribution in [3.05, 3.63) is 46.8 Å². The van der Waals surface area contributed by atoms with Gasteiger partial charge in [0, 0.05) is 18.3 Å². The Morgan fingerprint density at radius 2 is 2.06 bits per heavy atom. The molecule has 0 amide bonds. The molecule has 0 saturated carbocycles. The Morgan fingerprint density at radius 1 is 1.24 bits per heavy atom. The van der Waals surface area contributed by atoms with E-state index in [-0.39, 0.29) is 0 Å². The molecule has 0 aliphatic carbocycles. The molecule has 1 heterocycles. The van der Waals surface area contributed by atoms with Gasteiger partial charge in [-0.2, -0.15) is 0 Å². The monoisotopic (exact) mass is 231 g/mol. The van der Waals surface area contributed by atoms with E-state index >= 15 is 0 Å². The molecule has 0 spiro atoms. The molecule has 17 heavy (non-hydrogen) atoms. The lowest BCUT2D eigenvalue weighted by Crippen LogP contribution is -2.12. The summed E-state index contributed by atoms with van der Waals surface area (Å²) in [6, 6.07) is 8.03. The second-order valence-electron chi connectivity index (χ2n) is 4.23. The number of hydrogen-bond donors (Lipinski definition) is 2. The summed E-state index contributed by atoms with van der Waals surface area (Å²) in [6.45, 7) is 5.36. The number of nitrogen functional groups attached to an aromatic ring is 1. The molecule has 0 saturated heterocycles. The number of anilines is 1. The molecule has 0 bridgehead atoms. The lowest BCUT2D eigenvalue weighted by molar-refractivity contribution is 0.369. The maximum atomic E-state index is 5.85. The lowest BCUT2D eigenvalue weighted by Gasteiger charge is -2.05. The van der Waals surface area contributed by atoms with Gasteiger partial charge in [-0.15, -0.1) is 0 Å². The Labute approximate surface area is 101 Å². The summed E-state index contributed by atoms with van der Waals surface area (Å²) >= 11 is 0. The van der Waals surface area contributed by atoms with E-state index in [0.717, 1.165) is 29.2 Å². The van der Waals surface area contributed by atoms with Gasteiger partial charge >= 0.3 is 0 Å². The predicted octanol–water partition coefficient (Wildman–Crippen LogP) is 2.16. The van der Waals surface area contributed by atoms with Gasteiger partial charge in [0.05, 0.1) is 12.2 Å². The number of aryl methyl sites for hydroxylation is 2. The van der Waals surface area contributed by atoms with E-state index in [0.29, 0.717) is 6.54 Å². The van der Waals surface area contributed by atoms with Crippen LogP contribution in [0.3, 0.4) is 0 Å². The molecule has 2 rings (SSSR count). The summed E-state index contributed by atoms with van der Waals surface area (Å²) in [5.41, 5.74) is 9.87. The molecule has 0 unspecified atom stereocenters. The van der Waals surface area contributed by atoms with Gasteiger partial charge in [0.2, 0.25) is 0 Å². The van der Waals surface area contributed by atoms with Gasteiger partial charge in [-0.3, -0.25) is 0 Å². The fraction of sp³-hybridized carbons (Fsp3) is 0.308. The summed E-state index contributed by atoms with van der Waals surface area (Å²) < 4.78 is 5.11. The third-order valence-corrected chi connectivity index (χ3v) is 2.65. The third kappa shape index (κ3) is 3.07. The highest BCUT2D eigenvalue weighted by Gasteiger charge is 2.01. The lowest BCUT2D eigenvalue weighted by atomic mass is 10.1.